The minimum absolute atomic E-state index is 0.0195. The molecule has 1 aromatic rings. The molecule has 2 aliphatic carbocycles. The molecule has 26 heavy (non-hydrogen) atoms. The molecule has 6 heteroatoms. The van der Waals surface area contributed by atoms with Crippen LogP contribution in [0.15, 0.2) is 53.3 Å². The number of hydrogen-bond acceptors (Lipinski definition) is 5. The molecular weight excluding hydrogens is 332 g/mol. The van der Waals surface area contributed by atoms with Crippen LogP contribution in [-0.2, 0) is 9.59 Å². The lowest BCUT2D eigenvalue weighted by molar-refractivity contribution is -0.462. The predicted octanol–water partition coefficient (Wildman–Crippen LogP) is 1.72. The molecule has 1 fully saturated rings. The van der Waals surface area contributed by atoms with Gasteiger partial charge in [-0.25, -0.2) is 4.58 Å². The van der Waals surface area contributed by atoms with E-state index in [2.05, 4.69) is 0 Å². The Morgan fingerprint density at radius 1 is 1.04 bits per heavy atom. The van der Waals surface area contributed by atoms with Crippen molar-refractivity contribution in [2.24, 2.45) is 0 Å². The summed E-state index contributed by atoms with van der Waals surface area (Å²) in [5.41, 5.74) is 2.03. The maximum Gasteiger partial charge on any atom is 0.203 e. The van der Waals surface area contributed by atoms with Gasteiger partial charge in [-0.2, -0.15) is 0 Å². The number of aliphatic hydroxyl groups excluding tert-OH is 1. The number of phenolic OH excluding ortho intramolecular Hbond substituents is 1. The first-order valence-corrected chi connectivity index (χ1v) is 8.18. The number of rotatable bonds is 2. The third-order valence-electron chi connectivity index (χ3n) is 4.63. The molecule has 3 rings (SSSR count). The first-order valence-electron chi connectivity index (χ1n) is 8.18. The van der Waals surface area contributed by atoms with E-state index in [0.717, 1.165) is 11.4 Å². The number of hydrogen-bond donors (Lipinski definition) is 2. The summed E-state index contributed by atoms with van der Waals surface area (Å²) in [7, 11) is 7.33. The molecule has 2 N–H and O–H groups in total. The first kappa shape index (κ1) is 17.7. The van der Waals surface area contributed by atoms with Gasteiger partial charge in [-0.3, -0.25) is 9.59 Å². The number of ketones is 2. The van der Waals surface area contributed by atoms with Crippen molar-refractivity contribution in [3.8, 4) is 5.75 Å². The van der Waals surface area contributed by atoms with E-state index in [0.29, 0.717) is 5.56 Å². The Labute approximate surface area is 151 Å². The molecule has 6 nitrogen and oxygen atoms in total. The molecule has 1 aromatic carbocycles. The van der Waals surface area contributed by atoms with E-state index in [4.69, 9.17) is 0 Å². The quantitative estimate of drug-likeness (QED) is 0.366. The maximum absolute atomic E-state index is 12.6. The average Bonchev–Trinajstić information content (AvgIpc) is 2.58. The summed E-state index contributed by atoms with van der Waals surface area (Å²) in [6.45, 7) is 0. The molecule has 0 spiro atoms. The number of Topliss-reactive ketones (excluding diaryl/α,β-unsaturated/α-hetero) is 2. The van der Waals surface area contributed by atoms with Crippen LogP contribution in [0.1, 0.15) is 11.5 Å². The second-order valence-electron chi connectivity index (χ2n) is 6.77. The van der Waals surface area contributed by atoms with Crippen LogP contribution in [-0.4, -0.2) is 60.3 Å². The summed E-state index contributed by atoms with van der Waals surface area (Å²) >= 11 is 0. The second-order valence-corrected chi connectivity index (χ2v) is 6.77. The van der Waals surface area contributed by atoms with Crippen molar-refractivity contribution in [3.05, 3.63) is 58.9 Å². The Balaban J connectivity index is 1.96. The van der Waals surface area contributed by atoms with Crippen LogP contribution >= 0.6 is 0 Å². The Kier molecular flexibility index (Phi) is 4.28. The summed E-state index contributed by atoms with van der Waals surface area (Å²) in [4.78, 5) is 27.0. The van der Waals surface area contributed by atoms with Crippen molar-refractivity contribution in [1.82, 2.24) is 0 Å². The fourth-order valence-electron chi connectivity index (χ4n) is 3.06. The largest absolute Gasteiger partial charge is 0.508 e. The normalized spacial score (nSPS) is 19.5. The highest BCUT2D eigenvalue weighted by molar-refractivity contribution is 6.42. The summed E-state index contributed by atoms with van der Waals surface area (Å²) in [6.07, 6.45) is 4.82. The Morgan fingerprint density at radius 2 is 1.69 bits per heavy atom. The van der Waals surface area contributed by atoms with Crippen molar-refractivity contribution in [2.75, 3.05) is 33.1 Å². The lowest BCUT2D eigenvalue weighted by atomic mass is 9.70. The van der Waals surface area contributed by atoms with Crippen molar-refractivity contribution < 1.29 is 24.4 Å². The zero-order valence-electron chi connectivity index (χ0n) is 15.1. The lowest BCUT2D eigenvalue weighted by Crippen LogP contribution is -2.40. The number of benzene rings is 1. The van der Waals surface area contributed by atoms with Crippen molar-refractivity contribution >= 4 is 23.0 Å². The highest BCUT2D eigenvalue weighted by atomic mass is 16.3. The SMILES string of the molecule is CN(C)c1ccc(C2C(=O)C(=C3C=CC(=[N+](C)C)C=C3O)C2=O)c(O)c1. The molecule has 1 saturated carbocycles. The zero-order chi connectivity index (χ0) is 19.2. The third kappa shape index (κ3) is 2.73. The maximum atomic E-state index is 12.6. The van der Waals surface area contributed by atoms with Gasteiger partial charge in [0.05, 0.1) is 11.6 Å². The van der Waals surface area contributed by atoms with Crippen LogP contribution in [0.25, 0.3) is 0 Å². The fraction of sp³-hybridized carbons (Fsp3) is 0.250. The van der Waals surface area contributed by atoms with Gasteiger partial charge in [-0.05, 0) is 12.1 Å². The second kappa shape index (κ2) is 6.29. The highest BCUT2D eigenvalue weighted by Gasteiger charge is 2.48. The van der Waals surface area contributed by atoms with Gasteiger partial charge in [0.2, 0.25) is 5.71 Å². The molecule has 2 aliphatic rings. The number of carbonyl (C=O) groups excluding carboxylic acids is 2. The zero-order valence-corrected chi connectivity index (χ0v) is 15.1. The van der Waals surface area contributed by atoms with Crippen LogP contribution < -0.4 is 4.90 Å². The number of anilines is 1. The van der Waals surface area contributed by atoms with Gasteiger partial charge in [0.15, 0.2) is 11.6 Å². The summed E-state index contributed by atoms with van der Waals surface area (Å²) in [6, 6.07) is 4.87. The van der Waals surface area contributed by atoms with Gasteiger partial charge in [-0.1, -0.05) is 6.07 Å². The van der Waals surface area contributed by atoms with Crippen LogP contribution in [0.3, 0.4) is 0 Å². The highest BCUT2D eigenvalue weighted by Crippen LogP contribution is 2.42. The van der Waals surface area contributed by atoms with Crippen LogP contribution in [0.5, 0.6) is 5.75 Å². The minimum atomic E-state index is -1.02. The molecule has 134 valence electrons. The van der Waals surface area contributed by atoms with Gasteiger partial charge in [0.25, 0.3) is 0 Å². The fourth-order valence-corrected chi connectivity index (χ4v) is 3.06. The van der Waals surface area contributed by atoms with Gasteiger partial charge < -0.3 is 15.1 Å². The van der Waals surface area contributed by atoms with E-state index in [9.17, 15) is 19.8 Å². The molecule has 0 unspecified atom stereocenters. The van der Waals surface area contributed by atoms with E-state index >= 15 is 0 Å². The molecule has 0 heterocycles. The molecule has 0 saturated heterocycles. The topological polar surface area (TPSA) is 80.8 Å². The Hall–Kier alpha value is -3.15. The van der Waals surface area contributed by atoms with Gasteiger partial charge in [0.1, 0.15) is 31.5 Å². The number of carbonyl (C=O) groups is 2. The van der Waals surface area contributed by atoms with Crippen LogP contribution in [0.2, 0.25) is 0 Å². The van der Waals surface area contributed by atoms with Crippen molar-refractivity contribution in [2.45, 2.75) is 5.92 Å². The molecule has 0 aliphatic heterocycles. The lowest BCUT2D eigenvalue weighted by Gasteiger charge is -2.29. The molecule has 0 aromatic heterocycles. The van der Waals surface area contributed by atoms with E-state index in [1.807, 2.05) is 37.7 Å². The van der Waals surface area contributed by atoms with E-state index in [1.54, 1.807) is 24.3 Å². The van der Waals surface area contributed by atoms with Gasteiger partial charge >= 0.3 is 0 Å². The number of aliphatic hydroxyl groups is 1. The molecule has 0 bridgehead atoms. The molecule has 0 radical (unpaired) electrons. The Morgan fingerprint density at radius 3 is 2.19 bits per heavy atom. The summed E-state index contributed by atoms with van der Waals surface area (Å²) < 4.78 is 1.81. The third-order valence-corrected chi connectivity index (χ3v) is 4.63. The van der Waals surface area contributed by atoms with Gasteiger partial charge in [0, 0.05) is 43.1 Å². The number of allylic oxidation sites excluding steroid dienone is 4. The minimum Gasteiger partial charge on any atom is -0.508 e. The van der Waals surface area contributed by atoms with E-state index in [1.165, 1.54) is 12.1 Å². The van der Waals surface area contributed by atoms with E-state index < -0.39 is 17.5 Å². The molecule has 0 amide bonds. The van der Waals surface area contributed by atoms with Crippen LogP contribution in [0.4, 0.5) is 5.69 Å². The van der Waals surface area contributed by atoms with E-state index in [-0.39, 0.29) is 22.7 Å². The van der Waals surface area contributed by atoms with Crippen molar-refractivity contribution in [3.63, 3.8) is 0 Å². The average molecular weight is 353 g/mol. The van der Waals surface area contributed by atoms with Crippen molar-refractivity contribution in [1.29, 1.82) is 0 Å². The molecular formula is C20H21N2O4+. The standard InChI is InChI=1S/C20H20N2O4/c1-21(2)11-5-7-13(15(23)9-11)17-19(25)18(20(17)26)14-8-6-12(22(3)4)10-16(14)24/h5-10,17,23H,1-4H3/p+1. The summed E-state index contributed by atoms with van der Waals surface area (Å²) in [5.74, 6) is -2.01. The Bertz CT molecular complexity index is 927. The number of aromatic hydroxyl groups is 1. The number of nitrogens with zero attached hydrogens (tertiary/aromatic N) is 2. The van der Waals surface area contributed by atoms with Crippen LogP contribution in [0, 0.1) is 0 Å². The smallest absolute Gasteiger partial charge is 0.203 e. The molecule has 0 atom stereocenters. The first-order chi connectivity index (χ1) is 12.2. The summed E-state index contributed by atoms with van der Waals surface area (Å²) in [5, 5.41) is 20.4. The number of phenols is 1. The van der Waals surface area contributed by atoms with Gasteiger partial charge in [-0.15, -0.1) is 0 Å². The monoisotopic (exact) mass is 353 g/mol. The predicted molar refractivity (Wildman–Crippen MR) is 99.2 cm³/mol.